The molecule has 168 valence electrons. The number of esters is 1. The van der Waals surface area contributed by atoms with Crippen LogP contribution < -0.4 is 4.74 Å². The van der Waals surface area contributed by atoms with Crippen molar-refractivity contribution in [3.05, 3.63) is 77.6 Å². The quantitative estimate of drug-likeness (QED) is 0.185. The van der Waals surface area contributed by atoms with Gasteiger partial charge in [-0.05, 0) is 72.7 Å². The summed E-state index contributed by atoms with van der Waals surface area (Å²) in [6.45, 7) is 6.65. The second-order valence-corrected chi connectivity index (χ2v) is 8.55. The van der Waals surface area contributed by atoms with E-state index in [2.05, 4.69) is 30.7 Å². The summed E-state index contributed by atoms with van der Waals surface area (Å²) >= 11 is 0. The van der Waals surface area contributed by atoms with Gasteiger partial charge >= 0.3 is 5.97 Å². The lowest BCUT2D eigenvalue weighted by molar-refractivity contribution is 0.0735. The zero-order valence-electron chi connectivity index (χ0n) is 19.5. The molecule has 0 spiro atoms. The fourth-order valence-electron chi connectivity index (χ4n) is 3.55. The molecule has 1 atom stereocenters. The molecule has 0 fully saturated rings. The van der Waals surface area contributed by atoms with E-state index in [9.17, 15) is 4.79 Å². The number of hydrogen-bond donors (Lipinski definition) is 0. The van der Waals surface area contributed by atoms with Crippen molar-refractivity contribution in [1.29, 1.82) is 0 Å². The maximum absolute atomic E-state index is 12.5. The van der Waals surface area contributed by atoms with E-state index in [4.69, 9.17) is 4.74 Å². The van der Waals surface area contributed by atoms with Crippen LogP contribution >= 0.6 is 0 Å². The number of carbonyl (C=O) groups is 1. The van der Waals surface area contributed by atoms with Crippen LogP contribution in [0.15, 0.2) is 60.9 Å². The van der Waals surface area contributed by atoms with Gasteiger partial charge in [-0.3, -0.25) is 0 Å². The third kappa shape index (κ3) is 7.01. The lowest BCUT2D eigenvalue weighted by atomic mass is 9.98. The predicted octanol–water partition coefficient (Wildman–Crippen LogP) is 7.07. The normalized spacial score (nSPS) is 11.8. The third-order valence-electron chi connectivity index (χ3n) is 5.82. The molecule has 0 aliphatic rings. The number of carbonyl (C=O) groups excluding carboxylic acids is 1. The second kappa shape index (κ2) is 12.1. The molecule has 0 saturated carbocycles. The van der Waals surface area contributed by atoms with E-state index in [1.807, 2.05) is 48.8 Å². The molecule has 0 aliphatic carbocycles. The number of hydrogen-bond acceptors (Lipinski definition) is 4. The number of ether oxygens (including phenoxy) is 1. The Labute approximate surface area is 192 Å². The maximum atomic E-state index is 12.5. The van der Waals surface area contributed by atoms with Gasteiger partial charge < -0.3 is 4.74 Å². The van der Waals surface area contributed by atoms with Crippen molar-refractivity contribution in [1.82, 2.24) is 9.97 Å². The van der Waals surface area contributed by atoms with Crippen molar-refractivity contribution in [3.8, 4) is 17.1 Å². The van der Waals surface area contributed by atoms with Gasteiger partial charge in [0.1, 0.15) is 5.75 Å². The third-order valence-corrected chi connectivity index (χ3v) is 5.82. The summed E-state index contributed by atoms with van der Waals surface area (Å²) in [7, 11) is 0. The van der Waals surface area contributed by atoms with E-state index in [0.29, 0.717) is 23.1 Å². The van der Waals surface area contributed by atoms with Crippen LogP contribution in [0.2, 0.25) is 0 Å². The fourth-order valence-corrected chi connectivity index (χ4v) is 3.55. The Bertz CT molecular complexity index is 964. The summed E-state index contributed by atoms with van der Waals surface area (Å²) in [5, 5.41) is 0. The molecule has 0 amide bonds. The van der Waals surface area contributed by atoms with Crippen LogP contribution in [0.5, 0.6) is 5.75 Å². The predicted molar refractivity (Wildman–Crippen MR) is 130 cm³/mol. The summed E-state index contributed by atoms with van der Waals surface area (Å²) in [4.78, 5) is 21.5. The molecule has 0 aliphatic heterocycles. The summed E-state index contributed by atoms with van der Waals surface area (Å²) in [6.07, 6.45) is 12.0. The number of aryl methyl sites for hydroxylation is 1. The minimum atomic E-state index is -0.350. The molecule has 32 heavy (non-hydrogen) atoms. The Hall–Kier alpha value is -3.01. The van der Waals surface area contributed by atoms with E-state index in [1.165, 1.54) is 36.8 Å². The molecule has 4 nitrogen and oxygen atoms in total. The van der Waals surface area contributed by atoms with Crippen LogP contribution in [-0.2, 0) is 12.8 Å². The van der Waals surface area contributed by atoms with Crippen molar-refractivity contribution >= 4 is 5.97 Å². The van der Waals surface area contributed by atoms with E-state index >= 15 is 0 Å². The first-order chi connectivity index (χ1) is 15.6. The Morgan fingerprint density at radius 3 is 2.19 bits per heavy atom. The van der Waals surface area contributed by atoms with E-state index in [0.717, 1.165) is 24.8 Å². The van der Waals surface area contributed by atoms with Gasteiger partial charge in [-0.25, -0.2) is 14.8 Å². The summed E-state index contributed by atoms with van der Waals surface area (Å²) in [6, 6.07) is 15.0. The first-order valence-corrected chi connectivity index (χ1v) is 11.8. The fraction of sp³-hybridized carbons (Fsp3) is 0.393. The van der Waals surface area contributed by atoms with Crippen molar-refractivity contribution in [2.45, 2.75) is 65.7 Å². The maximum Gasteiger partial charge on any atom is 0.343 e. The molecular formula is C28H34N2O2. The minimum Gasteiger partial charge on any atom is -0.423 e. The molecule has 4 heteroatoms. The number of aromatic nitrogens is 2. The SMILES string of the molecule is CCCCCCc1cnc(-c2ccc(OC(=O)c3ccc(CC(C)CC)cc3)cc2)nc1. The lowest BCUT2D eigenvalue weighted by Gasteiger charge is -2.09. The molecule has 0 N–H and O–H groups in total. The highest BCUT2D eigenvalue weighted by Crippen LogP contribution is 2.21. The topological polar surface area (TPSA) is 52.1 Å². The standard InChI is InChI=1S/C28H34N2O2/c1-4-6-7-8-9-23-19-29-27(30-20-23)24-14-16-26(17-15-24)32-28(31)25-12-10-22(11-13-25)18-21(3)5-2/h10-17,19-21H,4-9,18H2,1-3H3. The van der Waals surface area contributed by atoms with Crippen LogP contribution in [0.3, 0.4) is 0 Å². The summed E-state index contributed by atoms with van der Waals surface area (Å²) in [5.41, 5.74) is 3.87. The van der Waals surface area contributed by atoms with Gasteiger partial charge in [0.2, 0.25) is 0 Å². The zero-order valence-corrected chi connectivity index (χ0v) is 19.5. The van der Waals surface area contributed by atoms with Gasteiger partial charge in [-0.1, -0.05) is 58.6 Å². The van der Waals surface area contributed by atoms with Crippen LogP contribution in [0.1, 0.15) is 74.4 Å². The minimum absolute atomic E-state index is 0.350. The molecule has 1 unspecified atom stereocenters. The Morgan fingerprint density at radius 2 is 1.56 bits per heavy atom. The molecule has 0 radical (unpaired) electrons. The van der Waals surface area contributed by atoms with Crippen LogP contribution in [0.4, 0.5) is 0 Å². The highest BCUT2D eigenvalue weighted by molar-refractivity contribution is 5.91. The molecule has 1 heterocycles. The zero-order chi connectivity index (χ0) is 22.8. The van der Waals surface area contributed by atoms with Crippen LogP contribution in [0.25, 0.3) is 11.4 Å². The van der Waals surface area contributed by atoms with E-state index < -0.39 is 0 Å². The first kappa shape index (κ1) is 23.6. The van der Waals surface area contributed by atoms with E-state index in [1.54, 1.807) is 12.1 Å². The van der Waals surface area contributed by atoms with Gasteiger partial charge in [-0.2, -0.15) is 0 Å². The average Bonchev–Trinajstić information content (AvgIpc) is 2.83. The molecule has 3 rings (SSSR count). The van der Waals surface area contributed by atoms with Gasteiger partial charge in [0.15, 0.2) is 5.82 Å². The van der Waals surface area contributed by atoms with Crippen molar-refractivity contribution in [3.63, 3.8) is 0 Å². The summed E-state index contributed by atoms with van der Waals surface area (Å²) < 4.78 is 5.54. The molecule has 0 saturated heterocycles. The van der Waals surface area contributed by atoms with Crippen LogP contribution in [-0.4, -0.2) is 15.9 Å². The van der Waals surface area contributed by atoms with Crippen molar-refractivity contribution < 1.29 is 9.53 Å². The van der Waals surface area contributed by atoms with Crippen molar-refractivity contribution in [2.24, 2.45) is 5.92 Å². The number of benzene rings is 2. The highest BCUT2D eigenvalue weighted by atomic mass is 16.5. The lowest BCUT2D eigenvalue weighted by Crippen LogP contribution is -2.08. The first-order valence-electron chi connectivity index (χ1n) is 11.8. The molecule has 1 aromatic heterocycles. The molecule has 0 bridgehead atoms. The van der Waals surface area contributed by atoms with Gasteiger partial charge in [0.25, 0.3) is 0 Å². The Balaban J connectivity index is 1.55. The largest absolute Gasteiger partial charge is 0.423 e. The van der Waals surface area contributed by atoms with Crippen molar-refractivity contribution in [2.75, 3.05) is 0 Å². The highest BCUT2D eigenvalue weighted by Gasteiger charge is 2.10. The van der Waals surface area contributed by atoms with E-state index in [-0.39, 0.29) is 5.97 Å². The van der Waals surface area contributed by atoms with Gasteiger partial charge in [0.05, 0.1) is 5.56 Å². The number of unbranched alkanes of at least 4 members (excludes halogenated alkanes) is 3. The Kier molecular flexibility index (Phi) is 8.97. The van der Waals surface area contributed by atoms with Gasteiger partial charge in [-0.15, -0.1) is 0 Å². The number of nitrogens with zero attached hydrogens (tertiary/aromatic N) is 2. The van der Waals surface area contributed by atoms with Crippen LogP contribution in [0, 0.1) is 5.92 Å². The summed E-state index contributed by atoms with van der Waals surface area (Å²) in [5.74, 6) is 1.47. The van der Waals surface area contributed by atoms with Gasteiger partial charge in [0, 0.05) is 18.0 Å². The Morgan fingerprint density at radius 1 is 0.875 bits per heavy atom. The molecule has 3 aromatic rings. The molecule has 2 aromatic carbocycles. The number of rotatable bonds is 11. The molecular weight excluding hydrogens is 396 g/mol. The average molecular weight is 431 g/mol. The smallest absolute Gasteiger partial charge is 0.343 e. The monoisotopic (exact) mass is 430 g/mol. The second-order valence-electron chi connectivity index (χ2n) is 8.55.